The summed E-state index contributed by atoms with van der Waals surface area (Å²) in [7, 11) is 0. The number of rotatable bonds is 4. The quantitative estimate of drug-likeness (QED) is 0.694. The fraction of sp³-hybridized carbons (Fsp3) is 0.250. The van der Waals surface area contributed by atoms with Crippen molar-refractivity contribution in [2.24, 2.45) is 5.73 Å². The van der Waals surface area contributed by atoms with E-state index >= 15 is 0 Å². The van der Waals surface area contributed by atoms with Crippen LogP contribution in [0.3, 0.4) is 0 Å². The molecule has 0 fully saturated rings. The summed E-state index contributed by atoms with van der Waals surface area (Å²) in [6.07, 6.45) is 3.21. The van der Waals surface area contributed by atoms with Crippen molar-refractivity contribution in [3.05, 3.63) is 24.2 Å². The number of carbonyl (C=O) groups excluding carboxylic acids is 1. The van der Waals surface area contributed by atoms with E-state index in [1.165, 1.54) is 0 Å². The Labute approximate surface area is 81.1 Å². The Bertz CT molecular complexity index is 295. The summed E-state index contributed by atoms with van der Waals surface area (Å²) in [5.74, 6) is -0.172. The number of carbonyl (C=O) groups is 1. The summed E-state index contributed by atoms with van der Waals surface area (Å²) in [4.78, 5) is 11.2. The Hall–Kier alpha value is -1.36. The van der Waals surface area contributed by atoms with Crippen molar-refractivity contribution in [3.8, 4) is 0 Å². The Morgan fingerprint density at radius 1 is 1.69 bits per heavy atom. The van der Waals surface area contributed by atoms with Gasteiger partial charge in [-0.1, -0.05) is 12.2 Å². The van der Waals surface area contributed by atoms with Crippen LogP contribution in [0.5, 0.6) is 0 Å². The Morgan fingerprint density at radius 2 is 2.46 bits per heavy atom. The number of thiocarbonyl (C=S) groups is 1. The molecule has 0 bridgehead atoms. The Morgan fingerprint density at radius 3 is 3.00 bits per heavy atom. The van der Waals surface area contributed by atoms with E-state index in [-0.39, 0.29) is 17.3 Å². The van der Waals surface area contributed by atoms with Crippen LogP contribution in [0.1, 0.15) is 12.0 Å². The number of nitrogens with one attached hydrogen (secondary N) is 1. The van der Waals surface area contributed by atoms with Crippen LogP contribution in [-0.2, 0) is 11.3 Å². The van der Waals surface area contributed by atoms with Crippen LogP contribution in [0.4, 0.5) is 0 Å². The van der Waals surface area contributed by atoms with Crippen LogP contribution in [0.15, 0.2) is 23.0 Å². The van der Waals surface area contributed by atoms with Crippen LogP contribution in [0, 0.1) is 0 Å². The van der Waals surface area contributed by atoms with Gasteiger partial charge in [-0.25, -0.2) is 0 Å². The number of furan rings is 1. The SMILES string of the molecule is NC(=S)CC(=O)NCc1ccoc1. The van der Waals surface area contributed by atoms with E-state index in [4.69, 9.17) is 10.2 Å². The van der Waals surface area contributed by atoms with Crippen LogP contribution in [-0.4, -0.2) is 10.9 Å². The molecule has 0 radical (unpaired) electrons. The first kappa shape index (κ1) is 9.73. The monoisotopic (exact) mass is 198 g/mol. The summed E-state index contributed by atoms with van der Waals surface area (Å²) in [5.41, 5.74) is 6.11. The Balaban J connectivity index is 2.27. The second-order valence-corrected chi connectivity index (χ2v) is 3.08. The molecule has 0 aliphatic rings. The molecule has 13 heavy (non-hydrogen) atoms. The molecule has 0 unspecified atom stereocenters. The third-order valence-corrected chi connectivity index (χ3v) is 1.55. The second-order valence-electron chi connectivity index (χ2n) is 2.55. The molecule has 1 aromatic rings. The highest BCUT2D eigenvalue weighted by molar-refractivity contribution is 7.80. The largest absolute Gasteiger partial charge is 0.472 e. The molecule has 0 aliphatic heterocycles. The number of amides is 1. The number of nitrogens with two attached hydrogens (primary N) is 1. The summed E-state index contributed by atoms with van der Waals surface area (Å²) in [5, 5.41) is 2.65. The molecule has 1 rings (SSSR count). The van der Waals surface area contributed by atoms with E-state index in [0.717, 1.165) is 5.56 Å². The normalized spacial score (nSPS) is 9.54. The zero-order valence-corrected chi connectivity index (χ0v) is 7.76. The van der Waals surface area contributed by atoms with E-state index in [9.17, 15) is 4.79 Å². The lowest BCUT2D eigenvalue weighted by Gasteiger charge is -2.01. The molecule has 1 aromatic heterocycles. The summed E-state index contributed by atoms with van der Waals surface area (Å²) >= 11 is 4.58. The maximum Gasteiger partial charge on any atom is 0.227 e. The highest BCUT2D eigenvalue weighted by atomic mass is 32.1. The van der Waals surface area contributed by atoms with E-state index in [1.807, 2.05) is 0 Å². The van der Waals surface area contributed by atoms with Crippen molar-refractivity contribution in [1.29, 1.82) is 0 Å². The molecule has 1 amide bonds. The second kappa shape index (κ2) is 4.61. The maximum atomic E-state index is 11.0. The van der Waals surface area contributed by atoms with Gasteiger partial charge in [0, 0.05) is 12.1 Å². The minimum Gasteiger partial charge on any atom is -0.472 e. The van der Waals surface area contributed by atoms with Gasteiger partial charge in [0.1, 0.15) is 0 Å². The highest BCUT2D eigenvalue weighted by Gasteiger charge is 2.02. The van der Waals surface area contributed by atoms with Crippen molar-refractivity contribution < 1.29 is 9.21 Å². The van der Waals surface area contributed by atoms with Crippen molar-refractivity contribution in [3.63, 3.8) is 0 Å². The first-order valence-electron chi connectivity index (χ1n) is 3.74. The highest BCUT2D eigenvalue weighted by Crippen LogP contribution is 1.98. The van der Waals surface area contributed by atoms with Gasteiger partial charge in [0.05, 0.1) is 23.9 Å². The fourth-order valence-electron chi connectivity index (χ4n) is 0.815. The van der Waals surface area contributed by atoms with Gasteiger partial charge >= 0.3 is 0 Å². The number of hydrogen-bond donors (Lipinski definition) is 2. The lowest BCUT2D eigenvalue weighted by molar-refractivity contribution is -0.120. The third-order valence-electron chi connectivity index (χ3n) is 1.40. The van der Waals surface area contributed by atoms with Crippen molar-refractivity contribution >= 4 is 23.1 Å². The van der Waals surface area contributed by atoms with Crippen LogP contribution < -0.4 is 11.1 Å². The average Bonchev–Trinajstić information content (AvgIpc) is 2.51. The zero-order valence-electron chi connectivity index (χ0n) is 6.95. The van der Waals surface area contributed by atoms with Gasteiger partial charge in [-0.05, 0) is 6.07 Å². The predicted molar refractivity (Wildman–Crippen MR) is 52.0 cm³/mol. The minimum atomic E-state index is -0.172. The molecule has 5 heteroatoms. The lowest BCUT2D eigenvalue weighted by atomic mass is 10.3. The molecule has 0 spiro atoms. The van der Waals surface area contributed by atoms with E-state index in [0.29, 0.717) is 6.54 Å². The minimum absolute atomic E-state index is 0.0905. The Kier molecular flexibility index (Phi) is 3.45. The van der Waals surface area contributed by atoms with Crippen molar-refractivity contribution in [1.82, 2.24) is 5.32 Å². The zero-order chi connectivity index (χ0) is 9.68. The predicted octanol–water partition coefficient (Wildman–Crippen LogP) is 0.572. The molecular weight excluding hydrogens is 188 g/mol. The van der Waals surface area contributed by atoms with Gasteiger partial charge < -0.3 is 15.5 Å². The molecule has 1 heterocycles. The lowest BCUT2D eigenvalue weighted by Crippen LogP contribution is -2.26. The average molecular weight is 198 g/mol. The van der Waals surface area contributed by atoms with Gasteiger partial charge in [0.15, 0.2) is 0 Å². The molecule has 70 valence electrons. The topological polar surface area (TPSA) is 68.3 Å². The summed E-state index contributed by atoms with van der Waals surface area (Å²) in [6, 6.07) is 1.78. The summed E-state index contributed by atoms with van der Waals surface area (Å²) in [6.45, 7) is 0.442. The molecular formula is C8H10N2O2S. The smallest absolute Gasteiger partial charge is 0.227 e. The van der Waals surface area contributed by atoms with Gasteiger partial charge in [-0.2, -0.15) is 0 Å². The third kappa shape index (κ3) is 3.71. The fourth-order valence-corrected chi connectivity index (χ4v) is 0.946. The first-order chi connectivity index (χ1) is 6.18. The van der Waals surface area contributed by atoms with E-state index in [2.05, 4.69) is 17.5 Å². The molecule has 0 aromatic carbocycles. The van der Waals surface area contributed by atoms with E-state index < -0.39 is 0 Å². The molecule has 4 nitrogen and oxygen atoms in total. The van der Waals surface area contributed by atoms with Gasteiger partial charge in [0.25, 0.3) is 0 Å². The first-order valence-corrected chi connectivity index (χ1v) is 4.15. The number of hydrogen-bond acceptors (Lipinski definition) is 3. The van der Waals surface area contributed by atoms with Crippen molar-refractivity contribution in [2.75, 3.05) is 0 Å². The maximum absolute atomic E-state index is 11.0. The molecule has 0 aliphatic carbocycles. The van der Waals surface area contributed by atoms with E-state index in [1.54, 1.807) is 18.6 Å². The van der Waals surface area contributed by atoms with Crippen molar-refractivity contribution in [2.45, 2.75) is 13.0 Å². The molecule has 0 saturated carbocycles. The standard InChI is InChI=1S/C8H10N2O2S/c9-7(13)3-8(11)10-4-6-1-2-12-5-6/h1-2,5H,3-4H2,(H2,9,13)(H,10,11). The van der Waals surface area contributed by atoms with Gasteiger partial charge in [0.2, 0.25) is 5.91 Å². The molecule has 0 saturated heterocycles. The van der Waals surface area contributed by atoms with Crippen LogP contribution in [0.2, 0.25) is 0 Å². The van der Waals surface area contributed by atoms with Crippen LogP contribution >= 0.6 is 12.2 Å². The van der Waals surface area contributed by atoms with Crippen LogP contribution in [0.25, 0.3) is 0 Å². The summed E-state index contributed by atoms with van der Waals surface area (Å²) < 4.78 is 4.83. The molecule has 0 atom stereocenters. The van der Waals surface area contributed by atoms with Gasteiger partial charge in [-0.3, -0.25) is 4.79 Å². The molecule has 3 N–H and O–H groups in total. The van der Waals surface area contributed by atoms with Gasteiger partial charge in [-0.15, -0.1) is 0 Å².